The third-order valence-electron chi connectivity index (χ3n) is 2.90. The lowest BCUT2D eigenvalue weighted by Gasteiger charge is -2.10. The van der Waals surface area contributed by atoms with Gasteiger partial charge in [0.15, 0.2) is 6.61 Å². The largest absolute Gasteiger partial charge is 0.465 e. The number of carbonyl (C=O) groups is 3. The molecule has 0 radical (unpaired) electrons. The molecule has 0 bridgehead atoms. The van der Waals surface area contributed by atoms with Crippen molar-refractivity contribution >= 4 is 35.1 Å². The Bertz CT molecular complexity index is 779. The summed E-state index contributed by atoms with van der Waals surface area (Å²) in [6.07, 6.45) is 1.35. The predicted molar refractivity (Wildman–Crippen MR) is 85.9 cm³/mol. The number of benzene rings is 1. The van der Waals surface area contributed by atoms with Crippen molar-refractivity contribution in [2.24, 2.45) is 0 Å². The van der Waals surface area contributed by atoms with Crippen LogP contribution < -0.4 is 5.32 Å². The number of aromatic nitrogens is 1. The van der Waals surface area contributed by atoms with Crippen LogP contribution >= 0.6 is 11.6 Å². The van der Waals surface area contributed by atoms with Crippen molar-refractivity contribution in [3.05, 3.63) is 58.9 Å². The van der Waals surface area contributed by atoms with Crippen molar-refractivity contribution in [2.45, 2.75) is 0 Å². The molecule has 1 amide bonds. The van der Waals surface area contributed by atoms with Gasteiger partial charge in [-0.15, -0.1) is 0 Å². The molecule has 1 N–H and O–H groups in total. The third kappa shape index (κ3) is 4.53. The number of methoxy groups -OCH3 is 1. The van der Waals surface area contributed by atoms with Crippen LogP contribution in [0.5, 0.6) is 0 Å². The average molecular weight is 349 g/mol. The van der Waals surface area contributed by atoms with E-state index in [4.69, 9.17) is 16.3 Å². The lowest BCUT2D eigenvalue weighted by atomic mass is 10.2. The van der Waals surface area contributed by atoms with Gasteiger partial charge in [0.1, 0.15) is 5.15 Å². The summed E-state index contributed by atoms with van der Waals surface area (Å²) >= 11 is 5.68. The molecule has 0 spiro atoms. The standard InChI is InChI=1S/C16H13ClN2O5/c1-23-16(22)11-4-2-3-5-12(11)19-14(20)9-24-15(21)10-6-7-18-13(17)8-10/h2-8H,9H2,1H3,(H,19,20). The molecule has 0 unspecified atom stereocenters. The average Bonchev–Trinajstić information content (AvgIpc) is 2.59. The SMILES string of the molecule is COC(=O)c1ccccc1NC(=O)COC(=O)c1ccnc(Cl)c1. The molecule has 24 heavy (non-hydrogen) atoms. The van der Waals surface area contributed by atoms with Gasteiger partial charge in [-0.25, -0.2) is 14.6 Å². The van der Waals surface area contributed by atoms with E-state index >= 15 is 0 Å². The third-order valence-corrected chi connectivity index (χ3v) is 3.11. The van der Waals surface area contributed by atoms with E-state index in [-0.39, 0.29) is 22.0 Å². The van der Waals surface area contributed by atoms with Gasteiger partial charge in [0, 0.05) is 6.20 Å². The first-order valence-corrected chi connectivity index (χ1v) is 7.15. The van der Waals surface area contributed by atoms with Crippen LogP contribution in [0.1, 0.15) is 20.7 Å². The Kier molecular flexibility index (Phi) is 5.86. The molecule has 8 heteroatoms. The smallest absolute Gasteiger partial charge is 0.339 e. The first kappa shape index (κ1) is 17.4. The normalized spacial score (nSPS) is 9.92. The summed E-state index contributed by atoms with van der Waals surface area (Å²) in [6.45, 7) is -0.520. The van der Waals surface area contributed by atoms with Crippen molar-refractivity contribution in [1.82, 2.24) is 4.98 Å². The highest BCUT2D eigenvalue weighted by molar-refractivity contribution is 6.29. The Labute approximate surface area is 142 Å². The van der Waals surface area contributed by atoms with Gasteiger partial charge in [0.05, 0.1) is 23.9 Å². The van der Waals surface area contributed by atoms with Gasteiger partial charge in [0.2, 0.25) is 0 Å². The van der Waals surface area contributed by atoms with Gasteiger partial charge >= 0.3 is 11.9 Å². The molecular weight excluding hydrogens is 336 g/mol. The van der Waals surface area contributed by atoms with E-state index in [1.54, 1.807) is 12.1 Å². The summed E-state index contributed by atoms with van der Waals surface area (Å²) in [4.78, 5) is 39.1. The lowest BCUT2D eigenvalue weighted by Crippen LogP contribution is -2.22. The van der Waals surface area contributed by atoms with E-state index in [1.165, 1.54) is 37.6 Å². The van der Waals surface area contributed by atoms with Crippen molar-refractivity contribution in [2.75, 3.05) is 19.0 Å². The molecule has 0 aliphatic carbocycles. The molecule has 1 aromatic heterocycles. The first-order valence-electron chi connectivity index (χ1n) is 6.77. The number of hydrogen-bond acceptors (Lipinski definition) is 6. The molecule has 0 aliphatic rings. The van der Waals surface area contributed by atoms with Gasteiger partial charge in [-0.05, 0) is 24.3 Å². The number of pyridine rings is 1. The molecule has 0 aliphatic heterocycles. The van der Waals surface area contributed by atoms with Crippen LogP contribution in [0.15, 0.2) is 42.6 Å². The fourth-order valence-corrected chi connectivity index (χ4v) is 1.98. The van der Waals surface area contributed by atoms with Crippen LogP contribution in [0.4, 0.5) is 5.69 Å². The molecule has 0 atom stereocenters. The number of esters is 2. The van der Waals surface area contributed by atoms with Crippen LogP contribution in [-0.4, -0.2) is 36.5 Å². The van der Waals surface area contributed by atoms with E-state index in [2.05, 4.69) is 15.0 Å². The fraction of sp³-hybridized carbons (Fsp3) is 0.125. The first-order chi connectivity index (χ1) is 11.5. The van der Waals surface area contributed by atoms with Crippen molar-refractivity contribution in [3.63, 3.8) is 0 Å². The number of carbonyl (C=O) groups excluding carboxylic acids is 3. The van der Waals surface area contributed by atoms with E-state index < -0.39 is 24.5 Å². The number of nitrogens with zero attached hydrogens (tertiary/aromatic N) is 1. The fourth-order valence-electron chi connectivity index (χ4n) is 1.81. The molecule has 124 valence electrons. The molecular formula is C16H13ClN2O5. The molecule has 0 saturated heterocycles. The van der Waals surface area contributed by atoms with E-state index in [9.17, 15) is 14.4 Å². The van der Waals surface area contributed by atoms with Crippen molar-refractivity contribution in [3.8, 4) is 0 Å². The summed E-state index contributed by atoms with van der Waals surface area (Å²) in [7, 11) is 1.24. The minimum absolute atomic E-state index is 0.140. The van der Waals surface area contributed by atoms with Gasteiger partial charge < -0.3 is 14.8 Å². The molecule has 2 rings (SSSR count). The summed E-state index contributed by atoms with van der Waals surface area (Å²) in [5, 5.41) is 2.63. The Morgan fingerprint density at radius 1 is 1.17 bits per heavy atom. The molecule has 0 fully saturated rings. The van der Waals surface area contributed by atoms with Crippen LogP contribution in [0.2, 0.25) is 5.15 Å². The Balaban J connectivity index is 1.97. The summed E-state index contributed by atoms with van der Waals surface area (Å²) in [5.41, 5.74) is 0.635. The minimum Gasteiger partial charge on any atom is -0.465 e. The second-order valence-corrected chi connectivity index (χ2v) is 4.92. The molecule has 1 heterocycles. The zero-order chi connectivity index (χ0) is 17.5. The number of para-hydroxylation sites is 1. The van der Waals surface area contributed by atoms with Crippen LogP contribution in [0, 0.1) is 0 Å². The molecule has 1 aromatic carbocycles. The number of amides is 1. The Hall–Kier alpha value is -2.93. The second-order valence-electron chi connectivity index (χ2n) is 4.53. The zero-order valence-corrected chi connectivity index (χ0v) is 13.4. The van der Waals surface area contributed by atoms with Crippen molar-refractivity contribution in [1.29, 1.82) is 0 Å². The van der Waals surface area contributed by atoms with Crippen LogP contribution in [0.3, 0.4) is 0 Å². The minimum atomic E-state index is -0.712. The number of hydrogen-bond donors (Lipinski definition) is 1. The van der Waals surface area contributed by atoms with E-state index in [1.807, 2.05) is 0 Å². The topological polar surface area (TPSA) is 94.6 Å². The summed E-state index contributed by atoms with van der Waals surface area (Å²) < 4.78 is 9.52. The highest BCUT2D eigenvalue weighted by Gasteiger charge is 2.15. The maximum absolute atomic E-state index is 11.9. The quantitative estimate of drug-likeness (QED) is 0.658. The number of anilines is 1. The number of ether oxygens (including phenoxy) is 2. The summed E-state index contributed by atoms with van der Waals surface area (Å²) in [5.74, 6) is -1.90. The van der Waals surface area contributed by atoms with Gasteiger partial charge in [-0.3, -0.25) is 4.79 Å². The maximum Gasteiger partial charge on any atom is 0.339 e. The molecule has 7 nitrogen and oxygen atoms in total. The number of halogens is 1. The van der Waals surface area contributed by atoms with E-state index in [0.717, 1.165) is 0 Å². The van der Waals surface area contributed by atoms with E-state index in [0.29, 0.717) is 0 Å². The number of rotatable bonds is 5. The predicted octanol–water partition coefficient (Wildman–Crippen LogP) is 2.32. The van der Waals surface area contributed by atoms with Crippen molar-refractivity contribution < 1.29 is 23.9 Å². The van der Waals surface area contributed by atoms with Crippen LogP contribution in [0.25, 0.3) is 0 Å². The monoisotopic (exact) mass is 348 g/mol. The Morgan fingerprint density at radius 3 is 2.62 bits per heavy atom. The highest BCUT2D eigenvalue weighted by Crippen LogP contribution is 2.16. The Morgan fingerprint density at radius 2 is 1.92 bits per heavy atom. The summed E-state index contributed by atoms with van der Waals surface area (Å²) in [6, 6.07) is 9.07. The number of nitrogens with one attached hydrogen (secondary N) is 1. The lowest BCUT2D eigenvalue weighted by molar-refractivity contribution is -0.119. The van der Waals surface area contributed by atoms with Crippen LogP contribution in [-0.2, 0) is 14.3 Å². The van der Waals surface area contributed by atoms with Gasteiger partial charge in [-0.1, -0.05) is 23.7 Å². The van der Waals surface area contributed by atoms with Gasteiger partial charge in [0.25, 0.3) is 5.91 Å². The highest BCUT2D eigenvalue weighted by atomic mass is 35.5. The molecule has 0 saturated carbocycles. The maximum atomic E-state index is 11.9. The molecule has 2 aromatic rings. The zero-order valence-electron chi connectivity index (χ0n) is 12.6. The second kappa shape index (κ2) is 8.07. The van der Waals surface area contributed by atoms with Gasteiger partial charge in [-0.2, -0.15) is 0 Å².